The summed E-state index contributed by atoms with van der Waals surface area (Å²) in [4.78, 5) is 4.70. The summed E-state index contributed by atoms with van der Waals surface area (Å²) in [6.45, 7) is 5.52. The third-order valence-corrected chi connectivity index (χ3v) is 4.58. The maximum Gasteiger partial charge on any atom is 0.191 e. The van der Waals surface area contributed by atoms with Crippen LogP contribution in [0.15, 0.2) is 47.5 Å². The van der Waals surface area contributed by atoms with E-state index in [4.69, 9.17) is 23.9 Å². The Bertz CT molecular complexity index is 811. The van der Waals surface area contributed by atoms with Crippen molar-refractivity contribution >= 4 is 5.96 Å². The molecule has 0 fully saturated rings. The normalized spacial score (nSPS) is 11.2. The summed E-state index contributed by atoms with van der Waals surface area (Å²) in [6, 6.07) is 14.0. The van der Waals surface area contributed by atoms with Crippen molar-refractivity contribution in [2.24, 2.45) is 4.99 Å². The molecule has 0 radical (unpaired) electrons. The van der Waals surface area contributed by atoms with Crippen molar-refractivity contribution in [3.8, 4) is 17.2 Å². The Morgan fingerprint density at radius 3 is 2.48 bits per heavy atom. The van der Waals surface area contributed by atoms with Crippen LogP contribution in [0.1, 0.15) is 24.5 Å². The molecule has 0 heterocycles. The summed E-state index contributed by atoms with van der Waals surface area (Å²) in [5, 5.41) is 6.68. The Balaban J connectivity index is 1.89. The van der Waals surface area contributed by atoms with E-state index in [9.17, 15) is 0 Å². The van der Waals surface area contributed by atoms with Crippen molar-refractivity contribution in [1.82, 2.24) is 10.6 Å². The molecule has 7 nitrogen and oxygen atoms in total. The number of guanidine groups is 1. The predicted molar refractivity (Wildman–Crippen MR) is 124 cm³/mol. The van der Waals surface area contributed by atoms with Crippen LogP contribution in [0.25, 0.3) is 0 Å². The number of rotatable bonds is 13. The summed E-state index contributed by atoms with van der Waals surface area (Å²) in [7, 11) is 4.99. The van der Waals surface area contributed by atoms with Crippen LogP contribution in [0.4, 0.5) is 0 Å². The second-order valence-corrected chi connectivity index (χ2v) is 6.90. The van der Waals surface area contributed by atoms with E-state index in [1.807, 2.05) is 36.4 Å². The molecule has 0 aliphatic carbocycles. The van der Waals surface area contributed by atoms with Crippen LogP contribution in [0.2, 0.25) is 0 Å². The van der Waals surface area contributed by atoms with Crippen LogP contribution >= 0.6 is 0 Å². The van der Waals surface area contributed by atoms with Gasteiger partial charge in [-0.3, -0.25) is 0 Å². The van der Waals surface area contributed by atoms with E-state index in [0.717, 1.165) is 54.7 Å². The van der Waals surface area contributed by atoms with Crippen molar-refractivity contribution in [1.29, 1.82) is 0 Å². The van der Waals surface area contributed by atoms with E-state index in [1.54, 1.807) is 21.3 Å². The second-order valence-electron chi connectivity index (χ2n) is 6.90. The molecule has 2 rings (SSSR count). The van der Waals surface area contributed by atoms with Crippen LogP contribution in [-0.4, -0.2) is 53.6 Å². The SMILES string of the molecule is CCNC(=NCc1cccc(OCCCOC)c1)NCCc1ccc(OC)c(OC)c1. The van der Waals surface area contributed by atoms with Crippen LogP contribution < -0.4 is 24.8 Å². The van der Waals surface area contributed by atoms with Crippen molar-refractivity contribution in [3.05, 3.63) is 53.6 Å². The molecule has 2 N–H and O–H groups in total. The number of ether oxygens (including phenoxy) is 4. The minimum absolute atomic E-state index is 0.570. The number of hydrogen-bond acceptors (Lipinski definition) is 5. The van der Waals surface area contributed by atoms with E-state index in [-0.39, 0.29) is 0 Å². The summed E-state index contributed by atoms with van der Waals surface area (Å²) in [5.41, 5.74) is 2.26. The average molecular weight is 430 g/mol. The molecule has 0 saturated carbocycles. The zero-order valence-electron chi connectivity index (χ0n) is 19.1. The zero-order valence-corrected chi connectivity index (χ0v) is 19.1. The fourth-order valence-electron chi connectivity index (χ4n) is 3.00. The number of aliphatic imine (C=N–C) groups is 1. The van der Waals surface area contributed by atoms with Crippen molar-refractivity contribution in [3.63, 3.8) is 0 Å². The van der Waals surface area contributed by atoms with Crippen LogP contribution in [0.5, 0.6) is 17.2 Å². The Hall–Kier alpha value is -2.93. The Morgan fingerprint density at radius 1 is 0.903 bits per heavy atom. The van der Waals surface area contributed by atoms with Crippen LogP contribution in [-0.2, 0) is 17.7 Å². The monoisotopic (exact) mass is 429 g/mol. The molecule has 31 heavy (non-hydrogen) atoms. The lowest BCUT2D eigenvalue weighted by Crippen LogP contribution is -2.38. The number of benzene rings is 2. The third-order valence-electron chi connectivity index (χ3n) is 4.58. The second kappa shape index (κ2) is 14.1. The van der Waals surface area contributed by atoms with Gasteiger partial charge >= 0.3 is 0 Å². The van der Waals surface area contributed by atoms with Gasteiger partial charge in [0.1, 0.15) is 5.75 Å². The van der Waals surface area contributed by atoms with Gasteiger partial charge in [-0.2, -0.15) is 0 Å². The lowest BCUT2D eigenvalue weighted by molar-refractivity contribution is 0.172. The van der Waals surface area contributed by atoms with E-state index < -0.39 is 0 Å². The molecule has 0 amide bonds. The van der Waals surface area contributed by atoms with Gasteiger partial charge in [-0.25, -0.2) is 4.99 Å². The number of nitrogens with zero attached hydrogens (tertiary/aromatic N) is 1. The van der Waals surface area contributed by atoms with E-state index in [0.29, 0.717) is 19.8 Å². The van der Waals surface area contributed by atoms with Crippen molar-refractivity contribution < 1.29 is 18.9 Å². The standard InChI is InChI=1S/C24H35N3O4/c1-5-25-24(26-13-12-19-10-11-22(29-3)23(17-19)30-4)27-18-20-8-6-9-21(16-20)31-15-7-14-28-2/h6,8-11,16-17H,5,7,12-15,18H2,1-4H3,(H2,25,26,27). The van der Waals surface area contributed by atoms with Gasteiger partial charge in [0.2, 0.25) is 0 Å². The maximum atomic E-state index is 5.77. The Kier molecular flexibility index (Phi) is 11.1. The number of hydrogen-bond donors (Lipinski definition) is 2. The molecule has 2 aromatic rings. The van der Waals surface area contributed by atoms with E-state index >= 15 is 0 Å². The first kappa shape index (κ1) is 24.3. The van der Waals surface area contributed by atoms with Gasteiger partial charge in [-0.1, -0.05) is 18.2 Å². The number of methoxy groups -OCH3 is 3. The maximum absolute atomic E-state index is 5.77. The molecular formula is C24H35N3O4. The lowest BCUT2D eigenvalue weighted by atomic mass is 10.1. The zero-order chi connectivity index (χ0) is 22.3. The molecule has 0 aliphatic heterocycles. The molecule has 0 unspecified atom stereocenters. The van der Waals surface area contributed by atoms with Crippen LogP contribution in [0.3, 0.4) is 0 Å². The molecule has 0 bridgehead atoms. The van der Waals surface area contributed by atoms with Crippen molar-refractivity contribution in [2.45, 2.75) is 26.3 Å². The van der Waals surface area contributed by atoms with E-state index in [1.165, 1.54) is 5.56 Å². The van der Waals surface area contributed by atoms with Crippen LogP contribution in [0, 0.1) is 0 Å². The first-order valence-corrected chi connectivity index (χ1v) is 10.6. The predicted octanol–water partition coefficient (Wildman–Crippen LogP) is 3.42. The van der Waals surface area contributed by atoms with Gasteiger partial charge in [0, 0.05) is 33.2 Å². The first-order valence-electron chi connectivity index (χ1n) is 10.6. The summed E-state index contributed by atoms with van der Waals surface area (Å²) in [5.74, 6) is 3.12. The van der Waals surface area contributed by atoms with Gasteiger partial charge < -0.3 is 29.6 Å². The highest BCUT2D eigenvalue weighted by Crippen LogP contribution is 2.27. The largest absolute Gasteiger partial charge is 0.493 e. The summed E-state index contributed by atoms with van der Waals surface area (Å²) < 4.78 is 21.5. The molecule has 0 aliphatic rings. The van der Waals surface area contributed by atoms with Gasteiger partial charge in [-0.15, -0.1) is 0 Å². The third kappa shape index (κ3) is 8.76. The highest BCUT2D eigenvalue weighted by molar-refractivity contribution is 5.79. The van der Waals surface area contributed by atoms with Gasteiger partial charge in [-0.05, 0) is 48.7 Å². The molecule has 7 heteroatoms. The minimum atomic E-state index is 0.570. The smallest absolute Gasteiger partial charge is 0.191 e. The molecule has 0 spiro atoms. The average Bonchev–Trinajstić information content (AvgIpc) is 2.80. The molecule has 0 atom stereocenters. The fraction of sp³-hybridized carbons (Fsp3) is 0.458. The summed E-state index contributed by atoms with van der Waals surface area (Å²) in [6.07, 6.45) is 1.71. The molecule has 170 valence electrons. The lowest BCUT2D eigenvalue weighted by Gasteiger charge is -2.13. The highest BCUT2D eigenvalue weighted by atomic mass is 16.5. The molecule has 0 saturated heterocycles. The van der Waals surface area contributed by atoms with Gasteiger partial charge in [0.15, 0.2) is 17.5 Å². The Morgan fingerprint density at radius 2 is 1.74 bits per heavy atom. The molecule has 0 aromatic heterocycles. The topological polar surface area (TPSA) is 73.3 Å². The highest BCUT2D eigenvalue weighted by Gasteiger charge is 2.05. The van der Waals surface area contributed by atoms with Crippen molar-refractivity contribution in [2.75, 3.05) is 47.6 Å². The van der Waals surface area contributed by atoms with Gasteiger partial charge in [0.05, 0.1) is 27.4 Å². The van der Waals surface area contributed by atoms with E-state index in [2.05, 4.69) is 23.6 Å². The summed E-state index contributed by atoms with van der Waals surface area (Å²) >= 11 is 0. The molecular weight excluding hydrogens is 394 g/mol. The quantitative estimate of drug-likeness (QED) is 0.289. The Labute approximate surface area is 185 Å². The first-order chi connectivity index (χ1) is 15.2. The number of nitrogens with one attached hydrogen (secondary N) is 2. The minimum Gasteiger partial charge on any atom is -0.493 e. The fourth-order valence-corrected chi connectivity index (χ4v) is 3.00. The van der Waals surface area contributed by atoms with Gasteiger partial charge in [0.25, 0.3) is 0 Å². The molecule has 2 aromatic carbocycles.